The van der Waals surface area contributed by atoms with Gasteiger partial charge in [0.05, 0.1) is 7.11 Å². The van der Waals surface area contributed by atoms with Crippen LogP contribution in [-0.4, -0.2) is 40.9 Å². The highest BCUT2D eigenvalue weighted by atomic mass is 35.5. The maximum Gasteiger partial charge on any atom is 0.158 e. The van der Waals surface area contributed by atoms with Crippen LogP contribution >= 0.6 is 11.6 Å². The van der Waals surface area contributed by atoms with Gasteiger partial charge in [-0.3, -0.25) is 0 Å². The van der Waals surface area contributed by atoms with Crippen molar-refractivity contribution in [2.75, 3.05) is 20.7 Å². The van der Waals surface area contributed by atoms with E-state index in [1.807, 2.05) is 7.05 Å². The summed E-state index contributed by atoms with van der Waals surface area (Å²) in [6, 6.07) is 5.34. The zero-order valence-corrected chi connectivity index (χ0v) is 11.0. The van der Waals surface area contributed by atoms with Gasteiger partial charge < -0.3 is 10.1 Å². The molecule has 1 aromatic heterocycles. The van der Waals surface area contributed by atoms with Crippen molar-refractivity contribution in [1.82, 2.24) is 25.5 Å². The first-order valence-corrected chi connectivity index (χ1v) is 5.90. The van der Waals surface area contributed by atoms with E-state index in [1.54, 1.807) is 30.0 Å². The van der Waals surface area contributed by atoms with Crippen LogP contribution in [0.5, 0.6) is 5.75 Å². The third-order valence-corrected chi connectivity index (χ3v) is 2.74. The number of halogens is 1. The molecule has 7 heteroatoms. The summed E-state index contributed by atoms with van der Waals surface area (Å²) in [4.78, 5) is 0. The molecular weight excluding hydrogens is 254 g/mol. The number of nitrogens with zero attached hydrogens (tertiary/aromatic N) is 4. The third-order valence-electron chi connectivity index (χ3n) is 2.50. The Balaban J connectivity index is 2.41. The van der Waals surface area contributed by atoms with Crippen molar-refractivity contribution in [2.45, 2.75) is 6.42 Å². The molecule has 1 heterocycles. The van der Waals surface area contributed by atoms with Crippen LogP contribution in [-0.2, 0) is 6.42 Å². The van der Waals surface area contributed by atoms with E-state index in [-0.39, 0.29) is 0 Å². The Morgan fingerprint density at radius 3 is 3.00 bits per heavy atom. The Morgan fingerprint density at radius 2 is 2.28 bits per heavy atom. The number of nitrogens with one attached hydrogen (secondary N) is 1. The van der Waals surface area contributed by atoms with Crippen LogP contribution in [0.4, 0.5) is 0 Å². The molecule has 0 saturated carbocycles. The molecule has 0 atom stereocenters. The zero-order chi connectivity index (χ0) is 13.0. The van der Waals surface area contributed by atoms with Crippen molar-refractivity contribution in [3.05, 3.63) is 29.0 Å². The smallest absolute Gasteiger partial charge is 0.158 e. The van der Waals surface area contributed by atoms with Crippen molar-refractivity contribution in [2.24, 2.45) is 0 Å². The van der Waals surface area contributed by atoms with Gasteiger partial charge in [-0.15, -0.1) is 5.10 Å². The molecule has 1 aromatic carbocycles. The van der Waals surface area contributed by atoms with Gasteiger partial charge in [0.15, 0.2) is 5.82 Å². The van der Waals surface area contributed by atoms with E-state index >= 15 is 0 Å². The standard InChI is InChI=1S/C11H14ClN5O/c1-13-6-5-11-14-15-16-17(11)9-7-8(12)3-4-10(9)18-2/h3-4,7,13H,5-6H2,1-2H3. The minimum Gasteiger partial charge on any atom is -0.494 e. The molecule has 0 spiro atoms. The molecule has 0 aliphatic heterocycles. The molecule has 0 fully saturated rings. The number of methoxy groups -OCH3 is 1. The lowest BCUT2D eigenvalue weighted by molar-refractivity contribution is 0.411. The van der Waals surface area contributed by atoms with Gasteiger partial charge in [0.1, 0.15) is 11.4 Å². The lowest BCUT2D eigenvalue weighted by atomic mass is 10.3. The van der Waals surface area contributed by atoms with Crippen LogP contribution in [0.15, 0.2) is 18.2 Å². The molecule has 0 radical (unpaired) electrons. The van der Waals surface area contributed by atoms with E-state index in [1.165, 1.54) is 0 Å². The number of rotatable bonds is 5. The third kappa shape index (κ3) is 2.60. The lowest BCUT2D eigenvalue weighted by Gasteiger charge is -2.09. The second kappa shape index (κ2) is 5.79. The molecule has 0 aliphatic rings. The number of hydrogen-bond acceptors (Lipinski definition) is 5. The summed E-state index contributed by atoms with van der Waals surface area (Å²) in [5, 5.41) is 15.3. The minimum absolute atomic E-state index is 0.612. The second-order valence-electron chi connectivity index (χ2n) is 3.68. The average molecular weight is 268 g/mol. The highest BCUT2D eigenvalue weighted by Gasteiger charge is 2.12. The average Bonchev–Trinajstić information content (AvgIpc) is 2.84. The van der Waals surface area contributed by atoms with Crippen molar-refractivity contribution >= 4 is 11.6 Å². The summed E-state index contributed by atoms with van der Waals surface area (Å²) in [6.45, 7) is 0.795. The number of tetrazole rings is 1. The van der Waals surface area contributed by atoms with Gasteiger partial charge in [0.25, 0.3) is 0 Å². The largest absolute Gasteiger partial charge is 0.494 e. The maximum absolute atomic E-state index is 6.00. The highest BCUT2D eigenvalue weighted by Crippen LogP contribution is 2.26. The number of ether oxygens (including phenoxy) is 1. The zero-order valence-electron chi connectivity index (χ0n) is 10.2. The normalized spacial score (nSPS) is 10.6. The molecule has 0 unspecified atom stereocenters. The Morgan fingerprint density at radius 1 is 1.44 bits per heavy atom. The number of aromatic nitrogens is 4. The molecule has 6 nitrogen and oxygen atoms in total. The summed E-state index contributed by atoms with van der Waals surface area (Å²) in [5.41, 5.74) is 0.737. The first-order valence-electron chi connectivity index (χ1n) is 5.52. The first kappa shape index (κ1) is 12.8. The summed E-state index contributed by atoms with van der Waals surface area (Å²) in [6.07, 6.45) is 0.721. The molecule has 0 aliphatic carbocycles. The second-order valence-corrected chi connectivity index (χ2v) is 4.11. The van der Waals surface area contributed by atoms with Crippen molar-refractivity contribution in [1.29, 1.82) is 0 Å². The highest BCUT2D eigenvalue weighted by molar-refractivity contribution is 6.30. The van der Waals surface area contributed by atoms with E-state index in [0.717, 1.165) is 24.5 Å². The molecule has 1 N–H and O–H groups in total. The van der Waals surface area contributed by atoms with Crippen LogP contribution in [0.3, 0.4) is 0 Å². The van der Waals surface area contributed by atoms with Gasteiger partial charge in [0.2, 0.25) is 0 Å². The molecule has 0 amide bonds. The Labute approximate surface area is 110 Å². The van der Waals surface area contributed by atoms with E-state index in [2.05, 4.69) is 20.8 Å². The fraction of sp³-hybridized carbons (Fsp3) is 0.364. The van der Waals surface area contributed by atoms with Crippen molar-refractivity contribution in [3.63, 3.8) is 0 Å². The summed E-state index contributed by atoms with van der Waals surface area (Å²) < 4.78 is 6.93. The molecular formula is C11H14ClN5O. The van der Waals surface area contributed by atoms with Crippen molar-refractivity contribution < 1.29 is 4.74 Å². The molecule has 18 heavy (non-hydrogen) atoms. The van der Waals surface area contributed by atoms with Gasteiger partial charge in [-0.25, -0.2) is 0 Å². The summed E-state index contributed by atoms with van der Waals surface area (Å²) in [5.74, 6) is 1.43. The Bertz CT molecular complexity index is 528. The Kier molecular flexibility index (Phi) is 4.11. The van der Waals surface area contributed by atoms with E-state index < -0.39 is 0 Å². The molecule has 96 valence electrons. The SMILES string of the molecule is CNCCc1nnnn1-c1cc(Cl)ccc1OC. The molecule has 0 bridgehead atoms. The Hall–Kier alpha value is -1.66. The monoisotopic (exact) mass is 267 g/mol. The number of likely N-dealkylation sites (N-methyl/N-ethyl adjacent to an activating group) is 1. The van der Waals surface area contributed by atoms with Gasteiger partial charge in [-0.2, -0.15) is 4.68 Å². The molecule has 0 saturated heterocycles. The van der Waals surface area contributed by atoms with Gasteiger partial charge in [0, 0.05) is 18.0 Å². The van der Waals surface area contributed by atoms with Gasteiger partial charge in [-0.05, 0) is 35.7 Å². The van der Waals surface area contributed by atoms with Crippen LogP contribution in [0.1, 0.15) is 5.82 Å². The van der Waals surface area contributed by atoms with Crippen LogP contribution in [0, 0.1) is 0 Å². The minimum atomic E-state index is 0.612. The van der Waals surface area contributed by atoms with Crippen molar-refractivity contribution in [3.8, 4) is 11.4 Å². The molecule has 2 aromatic rings. The van der Waals surface area contributed by atoms with E-state index in [0.29, 0.717) is 10.8 Å². The predicted octanol–water partition coefficient (Wildman–Crippen LogP) is 1.09. The number of hydrogen-bond donors (Lipinski definition) is 1. The fourth-order valence-corrected chi connectivity index (χ4v) is 1.78. The van der Waals surface area contributed by atoms with Gasteiger partial charge in [-0.1, -0.05) is 11.6 Å². The van der Waals surface area contributed by atoms with Crippen LogP contribution in [0.2, 0.25) is 5.02 Å². The van der Waals surface area contributed by atoms with E-state index in [4.69, 9.17) is 16.3 Å². The molecule has 2 rings (SSSR count). The predicted molar refractivity (Wildman–Crippen MR) is 68.3 cm³/mol. The summed E-state index contributed by atoms with van der Waals surface area (Å²) >= 11 is 6.00. The topological polar surface area (TPSA) is 64.9 Å². The van der Waals surface area contributed by atoms with E-state index in [9.17, 15) is 0 Å². The maximum atomic E-state index is 6.00. The summed E-state index contributed by atoms with van der Waals surface area (Å²) in [7, 11) is 3.48. The van der Waals surface area contributed by atoms with Crippen LogP contribution < -0.4 is 10.1 Å². The quantitative estimate of drug-likeness (QED) is 0.878. The van der Waals surface area contributed by atoms with Gasteiger partial charge >= 0.3 is 0 Å². The number of benzene rings is 1. The van der Waals surface area contributed by atoms with Crippen LogP contribution in [0.25, 0.3) is 5.69 Å². The lowest BCUT2D eigenvalue weighted by Crippen LogP contribution is -2.14. The fourth-order valence-electron chi connectivity index (χ4n) is 1.61. The first-order chi connectivity index (χ1) is 8.76.